The summed E-state index contributed by atoms with van der Waals surface area (Å²) >= 11 is 2.69. The van der Waals surface area contributed by atoms with Crippen molar-refractivity contribution in [1.29, 1.82) is 0 Å². The van der Waals surface area contributed by atoms with Crippen LogP contribution in [0.4, 0.5) is 4.39 Å². The Hall–Kier alpha value is -2.38. The van der Waals surface area contributed by atoms with E-state index in [1.54, 1.807) is 30.3 Å². The van der Waals surface area contributed by atoms with Gasteiger partial charge in [0.05, 0.1) is 11.8 Å². The molecular weight excluding hydrogens is 359 g/mol. The van der Waals surface area contributed by atoms with E-state index in [-0.39, 0.29) is 23.5 Å². The molecule has 2 heterocycles. The lowest BCUT2D eigenvalue weighted by Gasteiger charge is -2.18. The number of carbonyl (C=O) groups excluding carboxylic acids is 1. The van der Waals surface area contributed by atoms with Crippen molar-refractivity contribution >= 4 is 29.0 Å². The normalized spacial score (nSPS) is 11.9. The van der Waals surface area contributed by atoms with Crippen molar-refractivity contribution in [1.82, 2.24) is 5.32 Å². The van der Waals surface area contributed by atoms with Crippen LogP contribution in [-0.2, 0) is 4.79 Å². The lowest BCUT2D eigenvalue weighted by atomic mass is 10.1. The van der Waals surface area contributed by atoms with Gasteiger partial charge in [-0.2, -0.15) is 4.73 Å². The average molecular weight is 374 g/mol. The lowest BCUT2D eigenvalue weighted by molar-refractivity contribution is -0.645. The summed E-state index contributed by atoms with van der Waals surface area (Å²) in [4.78, 5) is 13.3. The zero-order chi connectivity index (χ0) is 17.6. The highest BCUT2D eigenvalue weighted by atomic mass is 32.2. The van der Waals surface area contributed by atoms with E-state index in [0.29, 0.717) is 5.03 Å². The standard InChI is InChI=1S/C18H15FN2O2S2/c19-14-8-6-13(7-9-14)18(15-4-3-11-24-15)20-16(22)12-25-17-5-1-2-10-21(17)23/h1-11,18H,12H2,(H,20,22)/t18-/m0/s1. The number of hydrogen-bond acceptors (Lipinski definition) is 4. The van der Waals surface area contributed by atoms with Gasteiger partial charge in [-0.3, -0.25) is 4.79 Å². The second-order valence-corrected chi connectivity index (χ2v) is 7.20. The van der Waals surface area contributed by atoms with E-state index < -0.39 is 0 Å². The number of rotatable bonds is 6. The smallest absolute Gasteiger partial charge is 0.251 e. The van der Waals surface area contributed by atoms with Crippen LogP contribution in [0.5, 0.6) is 0 Å². The number of thioether (sulfide) groups is 1. The topological polar surface area (TPSA) is 56.0 Å². The monoisotopic (exact) mass is 374 g/mol. The van der Waals surface area contributed by atoms with Crippen molar-refractivity contribution in [2.24, 2.45) is 0 Å². The van der Waals surface area contributed by atoms with Crippen LogP contribution in [0.2, 0.25) is 0 Å². The zero-order valence-corrected chi connectivity index (χ0v) is 14.7. The van der Waals surface area contributed by atoms with Gasteiger partial charge in [0.1, 0.15) is 5.82 Å². The third-order valence-electron chi connectivity index (χ3n) is 3.48. The predicted octanol–water partition coefficient (Wildman–Crippen LogP) is 3.52. The SMILES string of the molecule is O=C(CSc1cccc[n+]1[O-])N[C@@H](c1ccc(F)cc1)c1cccs1. The number of carbonyl (C=O) groups is 1. The zero-order valence-electron chi connectivity index (χ0n) is 13.1. The summed E-state index contributed by atoms with van der Waals surface area (Å²) in [5, 5.41) is 17.0. The molecule has 0 aliphatic rings. The summed E-state index contributed by atoms with van der Waals surface area (Å²) in [6.45, 7) is 0. The Bertz CT molecular complexity index is 839. The Morgan fingerprint density at radius 3 is 2.68 bits per heavy atom. The molecule has 1 N–H and O–H groups in total. The van der Waals surface area contributed by atoms with E-state index in [1.807, 2.05) is 17.5 Å². The molecule has 0 unspecified atom stereocenters. The summed E-state index contributed by atoms with van der Waals surface area (Å²) < 4.78 is 13.9. The van der Waals surface area contributed by atoms with Crippen LogP contribution in [0, 0.1) is 11.0 Å². The number of hydrogen-bond donors (Lipinski definition) is 1. The van der Waals surface area contributed by atoms with Crippen LogP contribution in [0.25, 0.3) is 0 Å². The van der Waals surface area contributed by atoms with Crippen LogP contribution >= 0.6 is 23.1 Å². The Labute approximate surface area is 152 Å². The molecule has 0 fully saturated rings. The Balaban J connectivity index is 1.71. The second kappa shape index (κ2) is 8.13. The summed E-state index contributed by atoms with van der Waals surface area (Å²) in [5.74, 6) is -0.397. The van der Waals surface area contributed by atoms with Crippen molar-refractivity contribution < 1.29 is 13.9 Å². The summed E-state index contributed by atoms with van der Waals surface area (Å²) in [6.07, 6.45) is 1.40. The average Bonchev–Trinajstić information content (AvgIpc) is 3.14. The third-order valence-corrected chi connectivity index (χ3v) is 5.43. The van der Waals surface area contributed by atoms with Crippen LogP contribution in [0.3, 0.4) is 0 Å². The molecule has 4 nitrogen and oxygen atoms in total. The molecule has 2 aromatic heterocycles. The van der Waals surface area contributed by atoms with Gasteiger partial charge >= 0.3 is 0 Å². The highest BCUT2D eigenvalue weighted by Gasteiger charge is 2.19. The summed E-state index contributed by atoms with van der Waals surface area (Å²) in [5.41, 5.74) is 0.806. The lowest BCUT2D eigenvalue weighted by Crippen LogP contribution is -2.32. The third kappa shape index (κ3) is 4.58. The maximum Gasteiger partial charge on any atom is 0.251 e. The van der Waals surface area contributed by atoms with Gasteiger partial charge < -0.3 is 10.5 Å². The van der Waals surface area contributed by atoms with Gasteiger partial charge in [0.2, 0.25) is 5.91 Å². The molecule has 0 bridgehead atoms. The number of halogens is 1. The van der Waals surface area contributed by atoms with Gasteiger partial charge in [0.25, 0.3) is 5.03 Å². The fourth-order valence-corrected chi connectivity index (χ4v) is 3.82. The number of nitrogens with one attached hydrogen (secondary N) is 1. The van der Waals surface area contributed by atoms with Gasteiger partial charge in [0.15, 0.2) is 6.20 Å². The van der Waals surface area contributed by atoms with Crippen LogP contribution in [0.15, 0.2) is 71.2 Å². The number of benzene rings is 1. The fraction of sp³-hybridized carbons (Fsp3) is 0.111. The molecule has 7 heteroatoms. The van der Waals surface area contributed by atoms with Gasteiger partial charge in [-0.05, 0) is 47.0 Å². The number of nitrogens with zero attached hydrogens (tertiary/aromatic N) is 1. The van der Waals surface area contributed by atoms with E-state index in [0.717, 1.165) is 15.2 Å². The highest BCUT2D eigenvalue weighted by Crippen LogP contribution is 2.26. The van der Waals surface area contributed by atoms with Crippen molar-refractivity contribution in [3.63, 3.8) is 0 Å². The van der Waals surface area contributed by atoms with E-state index >= 15 is 0 Å². The number of pyridine rings is 1. The molecule has 0 saturated heterocycles. The molecule has 1 atom stereocenters. The summed E-state index contributed by atoms with van der Waals surface area (Å²) in [7, 11) is 0. The molecule has 25 heavy (non-hydrogen) atoms. The molecule has 0 spiro atoms. The Morgan fingerprint density at radius 2 is 2.00 bits per heavy atom. The number of thiophene rings is 1. The molecule has 0 saturated carbocycles. The van der Waals surface area contributed by atoms with Gasteiger partial charge in [-0.25, -0.2) is 4.39 Å². The summed E-state index contributed by atoms with van der Waals surface area (Å²) in [6, 6.07) is 14.6. The maximum absolute atomic E-state index is 13.2. The minimum absolute atomic E-state index is 0.120. The first kappa shape index (κ1) is 17.4. The van der Waals surface area contributed by atoms with E-state index in [1.165, 1.54) is 41.4 Å². The molecule has 0 aliphatic carbocycles. The Morgan fingerprint density at radius 1 is 1.20 bits per heavy atom. The van der Waals surface area contributed by atoms with Gasteiger partial charge in [-0.1, -0.05) is 18.2 Å². The maximum atomic E-state index is 13.2. The minimum atomic E-state index is -0.344. The molecule has 3 aromatic rings. The van der Waals surface area contributed by atoms with Crippen LogP contribution in [-0.4, -0.2) is 11.7 Å². The molecule has 0 radical (unpaired) electrons. The van der Waals surface area contributed by atoms with E-state index in [4.69, 9.17) is 0 Å². The van der Waals surface area contributed by atoms with Gasteiger partial charge in [-0.15, -0.1) is 11.3 Å². The quantitative estimate of drug-likeness (QED) is 0.408. The first-order valence-corrected chi connectivity index (χ1v) is 9.39. The fourth-order valence-electron chi connectivity index (χ4n) is 2.30. The first-order chi connectivity index (χ1) is 12.1. The van der Waals surface area contributed by atoms with Crippen molar-refractivity contribution in [3.8, 4) is 0 Å². The number of aromatic nitrogens is 1. The van der Waals surface area contributed by atoms with Crippen LogP contribution < -0.4 is 10.0 Å². The molecule has 1 amide bonds. The largest absolute Gasteiger partial charge is 0.618 e. The van der Waals surface area contributed by atoms with E-state index in [2.05, 4.69) is 5.32 Å². The first-order valence-electron chi connectivity index (χ1n) is 7.53. The Kier molecular flexibility index (Phi) is 5.67. The highest BCUT2D eigenvalue weighted by molar-refractivity contribution is 7.99. The van der Waals surface area contributed by atoms with Crippen molar-refractivity contribution in [2.45, 2.75) is 11.1 Å². The second-order valence-electron chi connectivity index (χ2n) is 5.22. The van der Waals surface area contributed by atoms with Gasteiger partial charge in [0, 0.05) is 17.0 Å². The van der Waals surface area contributed by atoms with Crippen LogP contribution in [0.1, 0.15) is 16.5 Å². The molecule has 0 aliphatic heterocycles. The predicted molar refractivity (Wildman–Crippen MR) is 96.8 cm³/mol. The van der Waals surface area contributed by atoms with Crippen molar-refractivity contribution in [3.05, 3.63) is 87.6 Å². The van der Waals surface area contributed by atoms with Crippen molar-refractivity contribution in [2.75, 3.05) is 5.75 Å². The minimum Gasteiger partial charge on any atom is -0.618 e. The molecule has 3 rings (SSSR count). The molecule has 128 valence electrons. The molecule has 1 aromatic carbocycles. The number of amides is 1. The van der Waals surface area contributed by atoms with E-state index in [9.17, 15) is 14.4 Å². The molecular formula is C18H15FN2O2S2.